The van der Waals surface area contributed by atoms with Gasteiger partial charge in [0.15, 0.2) is 0 Å². The number of hydrogen-bond donors (Lipinski definition) is 1. The highest BCUT2D eigenvalue weighted by atomic mass is 31.2. The highest BCUT2D eigenvalue weighted by Gasteiger charge is 2.41. The molecule has 0 saturated carbocycles. The number of unbranched alkanes of at least 4 members (excludes halogenated alkanes) is 19. The first-order chi connectivity index (χ1) is 16.3. The van der Waals surface area contributed by atoms with Crippen LogP contribution in [-0.4, -0.2) is 36.3 Å². The summed E-state index contributed by atoms with van der Waals surface area (Å²) in [4.78, 5) is 10.2. The monoisotopic (exact) mass is 502 g/mol. The van der Waals surface area contributed by atoms with Crippen molar-refractivity contribution in [2.45, 2.75) is 154 Å². The van der Waals surface area contributed by atoms with Crippen molar-refractivity contribution in [2.24, 2.45) is 0 Å². The summed E-state index contributed by atoms with van der Waals surface area (Å²) in [6, 6.07) is 0. The van der Waals surface area contributed by atoms with E-state index in [9.17, 15) is 9.46 Å². The molecule has 2 unspecified atom stereocenters. The van der Waals surface area contributed by atoms with Crippen molar-refractivity contribution in [3.8, 4) is 0 Å². The second-order valence-electron chi connectivity index (χ2n) is 11.2. The van der Waals surface area contributed by atoms with Gasteiger partial charge < -0.3 is 13.9 Å². The molecule has 0 rings (SSSR count). The second kappa shape index (κ2) is 21.9. The molecule has 4 nitrogen and oxygen atoms in total. The van der Waals surface area contributed by atoms with Crippen molar-refractivity contribution in [2.75, 3.05) is 21.1 Å². The lowest BCUT2D eigenvalue weighted by molar-refractivity contribution is -0.883. The minimum atomic E-state index is -3.63. The molecule has 0 bridgehead atoms. The van der Waals surface area contributed by atoms with E-state index in [2.05, 4.69) is 6.92 Å². The van der Waals surface area contributed by atoms with Crippen molar-refractivity contribution in [1.82, 2.24) is 0 Å². The molecule has 0 amide bonds. The van der Waals surface area contributed by atoms with Crippen LogP contribution in [0.3, 0.4) is 0 Å². The van der Waals surface area contributed by atoms with Gasteiger partial charge in [0.1, 0.15) is 0 Å². The van der Waals surface area contributed by atoms with Gasteiger partial charge in [0, 0.05) is 6.42 Å². The Hall–Kier alpha value is -0.310. The fourth-order valence-corrected chi connectivity index (χ4v) is 6.56. The summed E-state index contributed by atoms with van der Waals surface area (Å²) in [5.74, 6) is -0.396. The van der Waals surface area contributed by atoms with Crippen LogP contribution in [0, 0.1) is 0 Å². The van der Waals surface area contributed by atoms with Crippen LogP contribution in [0.1, 0.15) is 149 Å². The van der Waals surface area contributed by atoms with Crippen molar-refractivity contribution >= 4 is 7.60 Å². The normalized spacial score (nSPS) is 15.0. The van der Waals surface area contributed by atoms with Gasteiger partial charge in [0.2, 0.25) is 5.78 Å². The van der Waals surface area contributed by atoms with Crippen molar-refractivity contribution in [3.63, 3.8) is 0 Å². The van der Waals surface area contributed by atoms with Crippen molar-refractivity contribution < 1.29 is 18.5 Å². The molecule has 0 saturated heterocycles. The summed E-state index contributed by atoms with van der Waals surface area (Å²) in [7, 11) is 2.17. The fourth-order valence-electron chi connectivity index (χ4n) is 4.83. The maximum absolute atomic E-state index is 12.5. The Morgan fingerprint density at radius 1 is 0.676 bits per heavy atom. The molecule has 0 aromatic rings. The van der Waals surface area contributed by atoms with E-state index in [0.29, 0.717) is 10.9 Å². The Bertz CT molecular complexity index is 516. The van der Waals surface area contributed by atoms with Crippen LogP contribution in [-0.2, 0) is 9.09 Å². The minimum absolute atomic E-state index is 0.396. The van der Waals surface area contributed by atoms with E-state index in [-0.39, 0.29) is 0 Å². The van der Waals surface area contributed by atoms with Crippen LogP contribution >= 0.6 is 7.60 Å². The van der Waals surface area contributed by atoms with Crippen LogP contribution in [0.15, 0.2) is 12.3 Å². The maximum atomic E-state index is 12.5. The van der Waals surface area contributed by atoms with Gasteiger partial charge in [-0.2, -0.15) is 0 Å². The van der Waals surface area contributed by atoms with Crippen LogP contribution < -0.4 is 0 Å². The first-order valence-electron chi connectivity index (χ1n) is 14.7. The number of quaternary nitrogens is 1. The lowest BCUT2D eigenvalue weighted by Crippen LogP contribution is -2.44. The van der Waals surface area contributed by atoms with Gasteiger partial charge in [-0.1, -0.05) is 129 Å². The molecule has 0 radical (unpaired) electrons. The first-order valence-corrected chi connectivity index (χ1v) is 16.4. The van der Waals surface area contributed by atoms with Crippen molar-refractivity contribution in [1.29, 1.82) is 0 Å². The van der Waals surface area contributed by atoms with E-state index in [1.165, 1.54) is 122 Å². The third-order valence-electron chi connectivity index (χ3n) is 6.92. The second-order valence-corrected chi connectivity index (χ2v) is 13.1. The molecular formula is C29H61NO3P+. The largest absolute Gasteiger partial charge is 0.433 e. The Kier molecular flexibility index (Phi) is 21.7. The molecule has 204 valence electrons. The molecule has 5 heteroatoms. The average Bonchev–Trinajstić information content (AvgIpc) is 2.76. The van der Waals surface area contributed by atoms with E-state index in [1.54, 1.807) is 0 Å². The molecule has 1 N–H and O–H groups in total. The molecule has 2 atom stereocenters. The predicted octanol–water partition coefficient (Wildman–Crippen LogP) is 9.97. The standard InChI is InChI=1S/C29H60NO3P/c1-6-8-9-10-11-12-13-14-15-16-17-18-19-20-21-22-23-24-25-26-27-28-33-34(31,32)29(7-2)30(3,4)5/h27-29H,6-26H2,1-5H3/p+1. The lowest BCUT2D eigenvalue weighted by atomic mass is 10.0. The van der Waals surface area contributed by atoms with Gasteiger partial charge >= 0.3 is 7.60 Å². The zero-order chi connectivity index (χ0) is 25.5. The lowest BCUT2D eigenvalue weighted by Gasteiger charge is -2.34. The van der Waals surface area contributed by atoms with Crippen molar-refractivity contribution in [3.05, 3.63) is 12.3 Å². The number of nitrogens with zero attached hydrogens (tertiary/aromatic N) is 1. The minimum Gasteiger partial charge on any atom is -0.429 e. The van der Waals surface area contributed by atoms with E-state index < -0.39 is 13.4 Å². The number of hydrogen-bond acceptors (Lipinski definition) is 2. The van der Waals surface area contributed by atoms with E-state index >= 15 is 0 Å². The molecular weight excluding hydrogens is 441 g/mol. The molecule has 0 heterocycles. The molecule has 0 aromatic carbocycles. The average molecular weight is 503 g/mol. The Balaban J connectivity index is 3.42. The number of rotatable bonds is 25. The van der Waals surface area contributed by atoms with Gasteiger partial charge in [-0.15, -0.1) is 0 Å². The van der Waals surface area contributed by atoms with Crippen LogP contribution in [0.4, 0.5) is 0 Å². The summed E-state index contributed by atoms with van der Waals surface area (Å²) < 4.78 is 18.2. The highest BCUT2D eigenvalue weighted by molar-refractivity contribution is 7.53. The molecule has 0 fully saturated rings. The fraction of sp³-hybridized carbons (Fsp3) is 0.931. The van der Waals surface area contributed by atoms with Gasteiger partial charge in [0.05, 0.1) is 27.4 Å². The van der Waals surface area contributed by atoms with Crippen LogP contribution in [0.2, 0.25) is 0 Å². The molecule has 34 heavy (non-hydrogen) atoms. The van der Waals surface area contributed by atoms with E-state index in [1.807, 2.05) is 34.1 Å². The van der Waals surface area contributed by atoms with E-state index in [0.717, 1.165) is 12.8 Å². The Morgan fingerprint density at radius 2 is 1.03 bits per heavy atom. The molecule has 0 aliphatic heterocycles. The summed E-state index contributed by atoms with van der Waals surface area (Å²) in [6.45, 7) is 4.22. The quantitative estimate of drug-likeness (QED) is 0.0584. The molecule has 0 spiro atoms. The molecule has 0 aromatic heterocycles. The summed E-state index contributed by atoms with van der Waals surface area (Å²) in [5.41, 5.74) is 0. The number of allylic oxidation sites excluding steroid dienone is 1. The Labute approximate surface area is 214 Å². The smallest absolute Gasteiger partial charge is 0.429 e. The SMILES string of the molecule is CCCCCCCCCCCCCCCCCCCCCC=COP(=O)(O)C(CC)[N+](C)(C)C. The summed E-state index contributed by atoms with van der Waals surface area (Å²) in [6.07, 6.45) is 31.2. The van der Waals surface area contributed by atoms with Gasteiger partial charge in [-0.3, -0.25) is 0 Å². The topological polar surface area (TPSA) is 46.5 Å². The first kappa shape index (κ1) is 33.7. The Morgan fingerprint density at radius 3 is 1.35 bits per heavy atom. The van der Waals surface area contributed by atoms with Gasteiger partial charge in [-0.25, -0.2) is 4.57 Å². The zero-order valence-electron chi connectivity index (χ0n) is 23.7. The zero-order valence-corrected chi connectivity index (χ0v) is 24.6. The maximum Gasteiger partial charge on any atom is 0.433 e. The molecule has 0 aliphatic carbocycles. The van der Waals surface area contributed by atoms with E-state index in [4.69, 9.17) is 4.52 Å². The third-order valence-corrected chi connectivity index (χ3v) is 9.15. The van der Waals surface area contributed by atoms with Gasteiger partial charge in [0.25, 0.3) is 0 Å². The highest BCUT2D eigenvalue weighted by Crippen LogP contribution is 2.51. The summed E-state index contributed by atoms with van der Waals surface area (Å²) in [5, 5.41) is 0. The van der Waals surface area contributed by atoms with Crippen LogP contribution in [0.5, 0.6) is 0 Å². The molecule has 0 aliphatic rings. The van der Waals surface area contributed by atoms with Crippen LogP contribution in [0.25, 0.3) is 0 Å². The van der Waals surface area contributed by atoms with Gasteiger partial charge in [-0.05, 0) is 18.9 Å². The predicted molar refractivity (Wildman–Crippen MR) is 150 cm³/mol. The summed E-state index contributed by atoms with van der Waals surface area (Å²) >= 11 is 0. The third kappa shape index (κ3) is 19.9.